The molecule has 1 aliphatic carbocycles. The molecule has 6 heteroatoms. The molecule has 4 unspecified atom stereocenters. The summed E-state index contributed by atoms with van der Waals surface area (Å²) in [7, 11) is 0. The van der Waals surface area contributed by atoms with Crippen molar-refractivity contribution < 1.29 is 23.1 Å². The van der Waals surface area contributed by atoms with E-state index in [0.717, 1.165) is 19.3 Å². The fourth-order valence-corrected chi connectivity index (χ4v) is 2.72. The first-order valence-corrected chi connectivity index (χ1v) is 6.30. The molecule has 0 aromatic rings. The van der Waals surface area contributed by atoms with Crippen LogP contribution in [0.5, 0.6) is 0 Å². The Bertz CT molecular complexity index is 294. The third kappa shape index (κ3) is 3.60. The van der Waals surface area contributed by atoms with Crippen LogP contribution < -0.4 is 5.32 Å². The van der Waals surface area contributed by atoms with Crippen molar-refractivity contribution in [3.8, 4) is 0 Å². The molecule has 1 fully saturated rings. The molecule has 1 saturated carbocycles. The van der Waals surface area contributed by atoms with Gasteiger partial charge in [0.25, 0.3) is 0 Å². The average molecular weight is 267 g/mol. The Morgan fingerprint density at radius 2 is 2.06 bits per heavy atom. The Labute approximate surface area is 105 Å². The summed E-state index contributed by atoms with van der Waals surface area (Å²) in [5.74, 6) is -3.30. The van der Waals surface area contributed by atoms with Gasteiger partial charge in [0.1, 0.15) is 0 Å². The van der Waals surface area contributed by atoms with E-state index in [0.29, 0.717) is 11.8 Å². The van der Waals surface area contributed by atoms with E-state index in [1.165, 1.54) is 0 Å². The van der Waals surface area contributed by atoms with Gasteiger partial charge in [0.2, 0.25) is 0 Å². The average Bonchev–Trinajstić information content (AvgIpc) is 2.57. The smallest absolute Gasteiger partial charge is 0.403 e. The summed E-state index contributed by atoms with van der Waals surface area (Å²) in [5, 5.41) is 11.4. The predicted octanol–water partition coefficient (Wildman–Crippen LogP) is 2.66. The van der Waals surface area contributed by atoms with Crippen LogP contribution in [-0.2, 0) is 4.79 Å². The van der Waals surface area contributed by atoms with Crippen LogP contribution >= 0.6 is 0 Å². The Morgan fingerprint density at radius 3 is 2.44 bits per heavy atom. The lowest BCUT2D eigenvalue weighted by Gasteiger charge is -2.24. The van der Waals surface area contributed by atoms with Gasteiger partial charge in [-0.2, -0.15) is 13.2 Å². The Kier molecular flexibility index (Phi) is 5.01. The van der Waals surface area contributed by atoms with Crippen molar-refractivity contribution in [3.05, 3.63) is 0 Å². The lowest BCUT2D eigenvalue weighted by atomic mass is 9.93. The van der Waals surface area contributed by atoms with E-state index < -0.39 is 24.6 Å². The summed E-state index contributed by atoms with van der Waals surface area (Å²) in [6.07, 6.45) is -1.85. The van der Waals surface area contributed by atoms with E-state index in [4.69, 9.17) is 5.11 Å². The highest BCUT2D eigenvalue weighted by atomic mass is 19.4. The van der Waals surface area contributed by atoms with Crippen LogP contribution in [-0.4, -0.2) is 29.8 Å². The number of carbonyl (C=O) groups is 1. The second-order valence-corrected chi connectivity index (χ2v) is 5.05. The van der Waals surface area contributed by atoms with Crippen molar-refractivity contribution in [2.45, 2.75) is 45.3 Å². The molecule has 0 saturated heterocycles. The van der Waals surface area contributed by atoms with E-state index in [2.05, 4.69) is 12.2 Å². The van der Waals surface area contributed by atoms with E-state index in [1.807, 2.05) is 6.92 Å². The van der Waals surface area contributed by atoms with Crippen molar-refractivity contribution >= 4 is 5.97 Å². The summed E-state index contributed by atoms with van der Waals surface area (Å²) in [4.78, 5) is 10.6. The van der Waals surface area contributed by atoms with Crippen LogP contribution in [0.1, 0.15) is 33.1 Å². The second kappa shape index (κ2) is 5.91. The number of halogens is 3. The zero-order chi connectivity index (χ0) is 13.9. The Hall–Kier alpha value is -0.780. The minimum atomic E-state index is -4.69. The molecule has 1 aliphatic rings. The lowest BCUT2D eigenvalue weighted by Crippen LogP contribution is -2.43. The largest absolute Gasteiger partial charge is 0.481 e. The molecule has 3 nitrogen and oxygen atoms in total. The molecule has 4 atom stereocenters. The molecular formula is C12H20F3NO2. The van der Waals surface area contributed by atoms with Gasteiger partial charge in [-0.3, -0.25) is 4.79 Å². The number of hydrogen-bond donors (Lipinski definition) is 2. The zero-order valence-corrected chi connectivity index (χ0v) is 10.6. The number of nitrogens with one attached hydrogen (secondary N) is 1. The molecule has 0 aliphatic heterocycles. The van der Waals surface area contributed by atoms with Gasteiger partial charge in [-0.05, 0) is 24.7 Å². The van der Waals surface area contributed by atoms with Gasteiger partial charge in [-0.15, -0.1) is 0 Å². The minimum Gasteiger partial charge on any atom is -0.481 e. The predicted molar refractivity (Wildman–Crippen MR) is 61.2 cm³/mol. The molecule has 18 heavy (non-hydrogen) atoms. The van der Waals surface area contributed by atoms with Gasteiger partial charge in [-0.1, -0.05) is 20.3 Å². The van der Waals surface area contributed by atoms with E-state index >= 15 is 0 Å². The van der Waals surface area contributed by atoms with Crippen molar-refractivity contribution in [2.75, 3.05) is 6.54 Å². The van der Waals surface area contributed by atoms with Crippen molar-refractivity contribution in [3.63, 3.8) is 0 Å². The number of aliphatic carboxylic acids is 1. The van der Waals surface area contributed by atoms with Gasteiger partial charge in [-0.25, -0.2) is 0 Å². The number of carboxylic acid groups (broad SMARTS) is 1. The van der Waals surface area contributed by atoms with E-state index in [9.17, 15) is 18.0 Å². The maximum atomic E-state index is 12.5. The highest BCUT2D eigenvalue weighted by Crippen LogP contribution is 2.34. The number of hydrogen-bond acceptors (Lipinski definition) is 2. The molecule has 0 heterocycles. The molecule has 2 N–H and O–H groups in total. The van der Waals surface area contributed by atoms with Gasteiger partial charge in [0.15, 0.2) is 5.92 Å². The quantitative estimate of drug-likeness (QED) is 0.805. The highest BCUT2D eigenvalue weighted by Gasteiger charge is 2.45. The van der Waals surface area contributed by atoms with Gasteiger partial charge in [0.05, 0.1) is 0 Å². The van der Waals surface area contributed by atoms with Crippen LogP contribution in [0.15, 0.2) is 0 Å². The normalized spacial score (nSPS) is 30.4. The van der Waals surface area contributed by atoms with Crippen LogP contribution in [0.3, 0.4) is 0 Å². The standard InChI is InChI=1S/C12H20F3NO2/c1-3-8-4-5-10(7(8)2)16-6-9(11(17)18)12(13,14)15/h7-10,16H,3-6H2,1-2H3,(H,17,18). The van der Waals surface area contributed by atoms with Crippen molar-refractivity contribution in [2.24, 2.45) is 17.8 Å². The SMILES string of the molecule is CCC1CCC(NCC(C(=O)O)C(F)(F)F)C1C. The third-order valence-electron chi connectivity index (χ3n) is 4.03. The maximum Gasteiger partial charge on any atom is 0.403 e. The first-order valence-electron chi connectivity index (χ1n) is 6.30. The van der Waals surface area contributed by atoms with Crippen molar-refractivity contribution in [1.82, 2.24) is 5.32 Å². The number of carboxylic acids is 1. The molecule has 1 rings (SSSR count). The molecule has 0 spiro atoms. The summed E-state index contributed by atoms with van der Waals surface area (Å²) < 4.78 is 37.4. The van der Waals surface area contributed by atoms with Crippen molar-refractivity contribution in [1.29, 1.82) is 0 Å². The summed E-state index contributed by atoms with van der Waals surface area (Å²) in [5.41, 5.74) is 0. The van der Waals surface area contributed by atoms with E-state index in [-0.39, 0.29) is 6.04 Å². The monoisotopic (exact) mass is 267 g/mol. The summed E-state index contributed by atoms with van der Waals surface area (Å²) in [6.45, 7) is 3.55. The fraction of sp³-hybridized carbons (Fsp3) is 0.917. The first kappa shape index (κ1) is 15.3. The van der Waals surface area contributed by atoms with Crippen LogP contribution in [0.25, 0.3) is 0 Å². The summed E-state index contributed by atoms with van der Waals surface area (Å²) >= 11 is 0. The maximum absolute atomic E-state index is 12.5. The minimum absolute atomic E-state index is 0.000787. The molecule has 0 bridgehead atoms. The van der Waals surface area contributed by atoms with Gasteiger partial charge in [0, 0.05) is 12.6 Å². The Balaban J connectivity index is 2.51. The topological polar surface area (TPSA) is 49.3 Å². The molecule has 0 amide bonds. The molecule has 106 valence electrons. The first-order chi connectivity index (χ1) is 8.27. The molecule has 0 aromatic carbocycles. The van der Waals surface area contributed by atoms with Crippen LogP contribution in [0.2, 0.25) is 0 Å². The second-order valence-electron chi connectivity index (χ2n) is 5.05. The number of rotatable bonds is 5. The third-order valence-corrected chi connectivity index (χ3v) is 4.03. The zero-order valence-electron chi connectivity index (χ0n) is 10.6. The molecular weight excluding hydrogens is 247 g/mol. The fourth-order valence-electron chi connectivity index (χ4n) is 2.72. The molecule has 0 aromatic heterocycles. The van der Waals surface area contributed by atoms with Crippen LogP contribution in [0.4, 0.5) is 13.2 Å². The summed E-state index contributed by atoms with van der Waals surface area (Å²) in [6, 6.07) is -0.000787. The van der Waals surface area contributed by atoms with Gasteiger partial charge >= 0.3 is 12.1 Å². The van der Waals surface area contributed by atoms with E-state index in [1.54, 1.807) is 0 Å². The van der Waals surface area contributed by atoms with Gasteiger partial charge < -0.3 is 10.4 Å². The number of alkyl halides is 3. The Morgan fingerprint density at radius 1 is 1.44 bits per heavy atom. The highest BCUT2D eigenvalue weighted by molar-refractivity contribution is 5.71. The van der Waals surface area contributed by atoms with Crippen LogP contribution in [0, 0.1) is 17.8 Å². The lowest BCUT2D eigenvalue weighted by molar-refractivity contribution is -0.192. The molecule has 0 radical (unpaired) electrons.